The normalized spacial score (nSPS) is 16.3. The van der Waals surface area contributed by atoms with E-state index >= 15 is 0 Å². The maximum atomic E-state index is 3.93. The summed E-state index contributed by atoms with van der Waals surface area (Å²) in [4.78, 5) is 0. The molecule has 1 fully saturated rings. The monoisotopic (exact) mass is 567 g/mol. The van der Waals surface area contributed by atoms with Gasteiger partial charge in [-0.05, 0) is 95.8 Å². The average Bonchev–Trinajstić information content (AvgIpc) is 3.00. The molecule has 0 unspecified atom stereocenters. The van der Waals surface area contributed by atoms with E-state index in [1.165, 1.54) is 82.8 Å². The van der Waals surface area contributed by atoms with E-state index in [0.29, 0.717) is 4.58 Å². The molecule has 0 radical (unpaired) electrons. The lowest BCUT2D eigenvalue weighted by Crippen LogP contribution is -2.25. The van der Waals surface area contributed by atoms with Crippen LogP contribution in [0.25, 0.3) is 0 Å². The molecule has 39 heavy (non-hydrogen) atoms. The third-order valence-corrected chi connectivity index (χ3v) is 13.4. The van der Waals surface area contributed by atoms with Crippen LogP contribution in [0.4, 0.5) is 5.69 Å². The zero-order valence-corrected chi connectivity index (χ0v) is 25.2. The lowest BCUT2D eigenvalue weighted by Gasteiger charge is -2.27. The first-order chi connectivity index (χ1) is 19.4. The maximum absolute atomic E-state index is 3.93. The van der Waals surface area contributed by atoms with E-state index in [-0.39, 0.29) is 0 Å². The van der Waals surface area contributed by atoms with Crippen LogP contribution < -0.4 is 21.2 Å². The highest BCUT2D eigenvalue weighted by molar-refractivity contribution is 8.17. The predicted molar refractivity (Wildman–Crippen MR) is 177 cm³/mol. The van der Waals surface area contributed by atoms with E-state index in [2.05, 4.69) is 126 Å². The molecule has 0 saturated carbocycles. The summed E-state index contributed by atoms with van der Waals surface area (Å²) in [5.41, 5.74) is 7.53. The summed E-state index contributed by atoms with van der Waals surface area (Å²) < 4.78 is 0.654. The van der Waals surface area contributed by atoms with Gasteiger partial charge in [0.1, 0.15) is 0 Å². The highest BCUT2D eigenvalue weighted by Crippen LogP contribution is 2.38. The molecular formula is C35H38NPS2. The molecule has 1 nitrogen and oxygen atoms in total. The summed E-state index contributed by atoms with van der Waals surface area (Å²) in [6.45, 7) is 1.04. The van der Waals surface area contributed by atoms with E-state index in [0.717, 1.165) is 13.0 Å². The Morgan fingerprint density at radius 3 is 1.90 bits per heavy atom. The standard InChI is InChI=1S/C35H38NPS2/c1-4-13-27-15-10-21-33(36-26-35-38-23-12-24-39-35)31(27)25-32-28(14-5-1)16-11-22-34(32)37(29-17-6-2-7-18-29)30-19-8-3-9-20-30/h2-3,6-11,15-22,35-36H,1,4-5,12-14,23-26H2. The summed E-state index contributed by atoms with van der Waals surface area (Å²) in [5.74, 6) is 2.59. The lowest BCUT2D eigenvalue weighted by atomic mass is 9.89. The molecule has 6 rings (SSSR count). The smallest absolute Gasteiger partial charge is 0.0674 e. The van der Waals surface area contributed by atoms with Crippen molar-refractivity contribution in [1.82, 2.24) is 0 Å². The van der Waals surface area contributed by atoms with Crippen LogP contribution in [-0.4, -0.2) is 22.6 Å². The zero-order chi connectivity index (χ0) is 26.3. The van der Waals surface area contributed by atoms with Crippen molar-refractivity contribution in [3.8, 4) is 0 Å². The molecule has 4 heteroatoms. The second kappa shape index (κ2) is 13.4. The summed E-state index contributed by atoms with van der Waals surface area (Å²) in [5, 5.41) is 8.33. The van der Waals surface area contributed by atoms with Crippen molar-refractivity contribution in [2.24, 2.45) is 0 Å². The van der Waals surface area contributed by atoms with Crippen molar-refractivity contribution in [2.45, 2.75) is 49.5 Å². The quantitative estimate of drug-likeness (QED) is 0.238. The molecule has 0 spiro atoms. The number of anilines is 1. The summed E-state index contributed by atoms with van der Waals surface area (Å²) in [6.07, 6.45) is 8.56. The molecule has 2 aliphatic rings. The molecule has 0 amide bonds. The van der Waals surface area contributed by atoms with Gasteiger partial charge in [0, 0.05) is 18.7 Å². The SMILES string of the molecule is c1ccc(P(c2ccccc2)c2cccc3c2Cc2c(cccc2NCC2SCCCS2)CCCCC3)cc1. The molecule has 1 aliphatic carbocycles. The molecule has 200 valence electrons. The Labute approximate surface area is 244 Å². The molecule has 1 heterocycles. The molecule has 1 saturated heterocycles. The minimum Gasteiger partial charge on any atom is -0.383 e. The second-order valence-corrected chi connectivity index (χ2v) is 15.6. The number of fused-ring (bicyclic) bond motifs is 2. The fourth-order valence-electron chi connectivity index (χ4n) is 5.93. The van der Waals surface area contributed by atoms with Crippen LogP contribution in [0.3, 0.4) is 0 Å². The van der Waals surface area contributed by atoms with Crippen molar-refractivity contribution in [1.29, 1.82) is 0 Å². The third kappa shape index (κ3) is 6.59. The molecule has 0 atom stereocenters. The fraction of sp³-hybridized carbons (Fsp3) is 0.314. The maximum Gasteiger partial charge on any atom is 0.0674 e. The topological polar surface area (TPSA) is 12.0 Å². The Kier molecular flexibility index (Phi) is 9.31. The predicted octanol–water partition coefficient (Wildman–Crippen LogP) is 7.91. The second-order valence-electron chi connectivity index (χ2n) is 10.5. The van der Waals surface area contributed by atoms with Crippen molar-refractivity contribution in [2.75, 3.05) is 23.4 Å². The average molecular weight is 568 g/mol. The Hall–Kier alpha value is -2.19. The van der Waals surface area contributed by atoms with E-state index in [4.69, 9.17) is 0 Å². The molecule has 0 bridgehead atoms. The van der Waals surface area contributed by atoms with Gasteiger partial charge in [0.25, 0.3) is 0 Å². The van der Waals surface area contributed by atoms with Crippen LogP contribution in [0.15, 0.2) is 97.1 Å². The number of thioether (sulfide) groups is 2. The zero-order valence-electron chi connectivity index (χ0n) is 22.6. The largest absolute Gasteiger partial charge is 0.383 e. The molecule has 1 aliphatic heterocycles. The van der Waals surface area contributed by atoms with Gasteiger partial charge in [-0.3, -0.25) is 0 Å². The lowest BCUT2D eigenvalue weighted by molar-refractivity contribution is 0.670. The van der Waals surface area contributed by atoms with Gasteiger partial charge >= 0.3 is 0 Å². The van der Waals surface area contributed by atoms with E-state index in [1.54, 1.807) is 11.1 Å². The summed E-state index contributed by atoms with van der Waals surface area (Å²) in [7, 11) is -0.641. The van der Waals surface area contributed by atoms with Gasteiger partial charge in [0.2, 0.25) is 0 Å². The fourth-order valence-corrected chi connectivity index (χ4v) is 11.1. The number of hydrogen-bond acceptors (Lipinski definition) is 3. The van der Waals surface area contributed by atoms with Gasteiger partial charge in [0.15, 0.2) is 0 Å². The van der Waals surface area contributed by atoms with Crippen LogP contribution in [-0.2, 0) is 19.3 Å². The number of hydrogen-bond donors (Lipinski definition) is 1. The van der Waals surface area contributed by atoms with E-state index in [1.807, 2.05) is 0 Å². The van der Waals surface area contributed by atoms with Crippen LogP contribution in [0.5, 0.6) is 0 Å². The van der Waals surface area contributed by atoms with Crippen LogP contribution in [0.1, 0.15) is 47.9 Å². The number of rotatable bonds is 6. The summed E-state index contributed by atoms with van der Waals surface area (Å²) in [6, 6.07) is 36.6. The first kappa shape index (κ1) is 27.0. The molecule has 1 N–H and O–H groups in total. The van der Waals surface area contributed by atoms with Gasteiger partial charge < -0.3 is 5.32 Å². The van der Waals surface area contributed by atoms with Gasteiger partial charge in [0.05, 0.1) is 4.58 Å². The van der Waals surface area contributed by atoms with E-state index in [9.17, 15) is 0 Å². The summed E-state index contributed by atoms with van der Waals surface area (Å²) >= 11 is 4.25. The number of aryl methyl sites for hydroxylation is 2. The van der Waals surface area contributed by atoms with Crippen molar-refractivity contribution in [3.63, 3.8) is 0 Å². The van der Waals surface area contributed by atoms with Gasteiger partial charge in [-0.25, -0.2) is 0 Å². The molecule has 4 aromatic rings. The first-order valence-corrected chi connectivity index (χ1v) is 17.9. The minimum atomic E-state index is -0.641. The third-order valence-electron chi connectivity index (χ3n) is 7.89. The molecule has 4 aromatic carbocycles. The van der Waals surface area contributed by atoms with Gasteiger partial charge in [-0.15, -0.1) is 23.5 Å². The van der Waals surface area contributed by atoms with Crippen molar-refractivity contribution < 1.29 is 0 Å². The van der Waals surface area contributed by atoms with Crippen molar-refractivity contribution in [3.05, 3.63) is 119 Å². The van der Waals surface area contributed by atoms with Gasteiger partial charge in [-0.2, -0.15) is 0 Å². The minimum absolute atomic E-state index is 0.641. The van der Waals surface area contributed by atoms with Crippen molar-refractivity contribution >= 4 is 53.0 Å². The Morgan fingerprint density at radius 2 is 1.23 bits per heavy atom. The Balaban J connectivity index is 1.44. The highest BCUT2D eigenvalue weighted by Gasteiger charge is 2.24. The van der Waals surface area contributed by atoms with Gasteiger partial charge in [-0.1, -0.05) is 97.4 Å². The van der Waals surface area contributed by atoms with Crippen LogP contribution in [0.2, 0.25) is 0 Å². The highest BCUT2D eigenvalue weighted by atomic mass is 32.2. The Morgan fingerprint density at radius 1 is 0.615 bits per heavy atom. The number of benzene rings is 4. The van der Waals surface area contributed by atoms with Crippen LogP contribution in [0, 0.1) is 0 Å². The molecular weight excluding hydrogens is 530 g/mol. The Bertz CT molecular complexity index is 1310. The van der Waals surface area contributed by atoms with E-state index < -0.39 is 7.92 Å². The molecule has 0 aromatic heterocycles. The van der Waals surface area contributed by atoms with Crippen LogP contribution >= 0.6 is 31.4 Å². The first-order valence-electron chi connectivity index (χ1n) is 14.5. The number of nitrogens with one attached hydrogen (secondary N) is 1.